The fraction of sp³-hybridized carbons (Fsp3) is 0.407. The lowest BCUT2D eigenvalue weighted by atomic mass is 9.63. The Kier molecular flexibility index (Phi) is 5.92. The number of aliphatic carboxylic acids is 1. The van der Waals surface area contributed by atoms with Crippen LogP contribution >= 0.6 is 0 Å². The number of carbonyl (C=O) groups excluding carboxylic acids is 1. The van der Waals surface area contributed by atoms with Gasteiger partial charge in [-0.2, -0.15) is 0 Å². The van der Waals surface area contributed by atoms with Gasteiger partial charge in [0.15, 0.2) is 0 Å². The standard InChI is InChI=1S/C27H34O3Si/c1-26(2)14-15-27(3,4)22-17-20(12-13-21(22)26)23(31(5,6)7)16-18-8-10-19(11-9-18)24(28)25(29)30/h8-13,16-17H,14-15H2,1-7H3,(H,29,30). The first kappa shape index (κ1) is 23.2. The topological polar surface area (TPSA) is 54.4 Å². The number of ketones is 1. The van der Waals surface area contributed by atoms with Crippen LogP contribution < -0.4 is 0 Å². The second-order valence-electron chi connectivity index (χ2n) is 11.1. The number of hydrogen-bond donors (Lipinski definition) is 1. The van der Waals surface area contributed by atoms with E-state index in [1.54, 1.807) is 12.1 Å². The number of rotatable bonds is 5. The maximum Gasteiger partial charge on any atom is 0.377 e. The summed E-state index contributed by atoms with van der Waals surface area (Å²) in [4.78, 5) is 22.6. The van der Waals surface area contributed by atoms with E-state index < -0.39 is 19.8 Å². The Morgan fingerprint density at radius 1 is 0.839 bits per heavy atom. The predicted molar refractivity (Wildman–Crippen MR) is 131 cm³/mol. The Morgan fingerprint density at radius 3 is 1.87 bits per heavy atom. The minimum absolute atomic E-state index is 0.157. The molecule has 0 saturated heterocycles. The maximum atomic E-state index is 11.7. The van der Waals surface area contributed by atoms with E-state index in [1.807, 2.05) is 12.1 Å². The van der Waals surface area contributed by atoms with Crippen LogP contribution in [0.5, 0.6) is 0 Å². The van der Waals surface area contributed by atoms with Crippen LogP contribution in [0.15, 0.2) is 42.5 Å². The van der Waals surface area contributed by atoms with Gasteiger partial charge in [0, 0.05) is 5.56 Å². The summed E-state index contributed by atoms with van der Waals surface area (Å²) >= 11 is 0. The zero-order valence-electron chi connectivity index (χ0n) is 19.8. The first-order valence-electron chi connectivity index (χ1n) is 11.0. The van der Waals surface area contributed by atoms with E-state index in [4.69, 9.17) is 5.11 Å². The zero-order valence-corrected chi connectivity index (χ0v) is 20.8. The van der Waals surface area contributed by atoms with Crippen molar-refractivity contribution in [2.75, 3.05) is 0 Å². The van der Waals surface area contributed by atoms with Gasteiger partial charge in [0.2, 0.25) is 0 Å². The van der Waals surface area contributed by atoms with Crippen molar-refractivity contribution < 1.29 is 14.7 Å². The molecule has 1 N–H and O–H groups in total. The molecule has 0 amide bonds. The van der Waals surface area contributed by atoms with Gasteiger partial charge in [0.25, 0.3) is 5.78 Å². The number of fused-ring (bicyclic) bond motifs is 1. The first-order chi connectivity index (χ1) is 14.2. The largest absolute Gasteiger partial charge is 0.475 e. The third-order valence-corrected chi connectivity index (χ3v) is 8.70. The number of carboxylic acid groups (broad SMARTS) is 1. The highest BCUT2D eigenvalue weighted by atomic mass is 28.3. The van der Waals surface area contributed by atoms with Gasteiger partial charge < -0.3 is 5.11 Å². The fourth-order valence-corrected chi connectivity index (χ4v) is 6.13. The number of Topliss-reactive ketones (excluding diaryl/α,β-unsaturated/α-hetero) is 1. The molecule has 164 valence electrons. The Labute approximate surface area is 187 Å². The Morgan fingerprint density at radius 2 is 1.35 bits per heavy atom. The van der Waals surface area contributed by atoms with Crippen molar-refractivity contribution in [2.24, 2.45) is 0 Å². The molecule has 0 heterocycles. The molecule has 31 heavy (non-hydrogen) atoms. The molecule has 0 radical (unpaired) electrons. The second kappa shape index (κ2) is 7.90. The van der Waals surface area contributed by atoms with Crippen LogP contribution in [-0.4, -0.2) is 24.9 Å². The summed E-state index contributed by atoms with van der Waals surface area (Å²) in [6, 6.07) is 13.9. The minimum atomic E-state index is -1.69. The van der Waals surface area contributed by atoms with E-state index >= 15 is 0 Å². The summed E-state index contributed by atoms with van der Waals surface area (Å²) in [6.45, 7) is 16.4. The van der Waals surface area contributed by atoms with Crippen molar-refractivity contribution in [3.05, 3.63) is 70.3 Å². The van der Waals surface area contributed by atoms with Gasteiger partial charge in [0.05, 0.1) is 8.07 Å². The lowest BCUT2D eigenvalue weighted by molar-refractivity contribution is -0.131. The molecule has 0 aromatic heterocycles. The number of hydrogen-bond acceptors (Lipinski definition) is 2. The molecule has 0 spiro atoms. The molecule has 0 atom stereocenters. The molecular formula is C27H34O3Si. The average molecular weight is 435 g/mol. The molecular weight excluding hydrogens is 400 g/mol. The second-order valence-corrected chi connectivity index (χ2v) is 16.1. The summed E-state index contributed by atoms with van der Waals surface area (Å²) in [5.41, 5.74) is 5.72. The van der Waals surface area contributed by atoms with Crippen LogP contribution in [0.4, 0.5) is 0 Å². The Balaban J connectivity index is 2.09. The highest BCUT2D eigenvalue weighted by Gasteiger charge is 2.37. The molecule has 2 aromatic rings. The van der Waals surface area contributed by atoms with Crippen LogP contribution in [0.1, 0.15) is 73.1 Å². The average Bonchev–Trinajstić information content (AvgIpc) is 2.68. The van der Waals surface area contributed by atoms with E-state index in [2.05, 4.69) is 71.6 Å². The van der Waals surface area contributed by atoms with E-state index in [9.17, 15) is 9.59 Å². The molecule has 3 rings (SSSR count). The van der Waals surface area contributed by atoms with Crippen LogP contribution in [0.25, 0.3) is 11.3 Å². The van der Waals surface area contributed by atoms with Crippen molar-refractivity contribution in [3.8, 4) is 0 Å². The zero-order chi connectivity index (χ0) is 23.2. The van der Waals surface area contributed by atoms with E-state index in [0.29, 0.717) is 0 Å². The summed E-state index contributed by atoms with van der Waals surface area (Å²) in [5.74, 6) is -2.30. The molecule has 1 aliphatic rings. The monoisotopic (exact) mass is 434 g/mol. The Bertz CT molecular complexity index is 1050. The van der Waals surface area contributed by atoms with Crippen molar-refractivity contribution in [3.63, 3.8) is 0 Å². The normalized spacial score (nSPS) is 17.7. The molecule has 0 unspecified atom stereocenters. The highest BCUT2D eigenvalue weighted by Crippen LogP contribution is 2.46. The number of carbonyl (C=O) groups is 2. The van der Waals surface area contributed by atoms with E-state index in [0.717, 1.165) is 5.56 Å². The van der Waals surface area contributed by atoms with Gasteiger partial charge in [-0.15, -0.1) is 0 Å². The number of benzene rings is 2. The van der Waals surface area contributed by atoms with Gasteiger partial charge in [-0.1, -0.05) is 101 Å². The van der Waals surface area contributed by atoms with Crippen molar-refractivity contribution in [1.82, 2.24) is 0 Å². The van der Waals surface area contributed by atoms with Gasteiger partial charge >= 0.3 is 5.97 Å². The molecule has 0 bridgehead atoms. The highest BCUT2D eigenvalue weighted by molar-refractivity contribution is 6.94. The van der Waals surface area contributed by atoms with Gasteiger partial charge in [-0.05, 0) is 45.9 Å². The Hall–Kier alpha value is -2.46. The molecule has 0 fully saturated rings. The maximum absolute atomic E-state index is 11.7. The minimum Gasteiger partial charge on any atom is -0.475 e. The molecule has 4 heteroatoms. The van der Waals surface area contributed by atoms with Gasteiger partial charge in [-0.3, -0.25) is 4.79 Å². The van der Waals surface area contributed by atoms with Crippen LogP contribution in [0, 0.1) is 0 Å². The SMILES string of the molecule is CC1(C)CCC(C)(C)c2cc(C(=Cc3ccc(C(=O)C(=O)O)cc3)[Si](C)(C)C)ccc21. The van der Waals surface area contributed by atoms with Crippen molar-refractivity contribution >= 4 is 31.1 Å². The molecule has 0 aliphatic heterocycles. The molecule has 2 aromatic carbocycles. The lowest BCUT2D eigenvalue weighted by Gasteiger charge is -2.42. The summed E-state index contributed by atoms with van der Waals surface area (Å²) < 4.78 is 0. The summed E-state index contributed by atoms with van der Waals surface area (Å²) in [7, 11) is -1.69. The van der Waals surface area contributed by atoms with Crippen LogP contribution in [0.3, 0.4) is 0 Å². The third-order valence-electron chi connectivity index (χ3n) is 6.65. The van der Waals surface area contributed by atoms with Crippen molar-refractivity contribution in [1.29, 1.82) is 0 Å². The lowest BCUT2D eigenvalue weighted by Crippen LogP contribution is -2.34. The van der Waals surface area contributed by atoms with Gasteiger partial charge in [0.1, 0.15) is 0 Å². The van der Waals surface area contributed by atoms with Crippen molar-refractivity contribution in [2.45, 2.75) is 71.0 Å². The third kappa shape index (κ3) is 4.74. The van der Waals surface area contributed by atoms with Gasteiger partial charge in [-0.25, -0.2) is 4.79 Å². The van der Waals surface area contributed by atoms with E-state index in [1.165, 1.54) is 34.7 Å². The fourth-order valence-electron chi connectivity index (χ4n) is 4.51. The van der Waals surface area contributed by atoms with Crippen LogP contribution in [0.2, 0.25) is 19.6 Å². The molecule has 1 aliphatic carbocycles. The molecule has 0 saturated carbocycles. The summed E-state index contributed by atoms with van der Waals surface area (Å²) in [6.07, 6.45) is 4.59. The van der Waals surface area contributed by atoms with Crippen LogP contribution in [-0.2, 0) is 15.6 Å². The quantitative estimate of drug-likeness (QED) is 0.246. The predicted octanol–water partition coefficient (Wildman–Crippen LogP) is 6.72. The summed E-state index contributed by atoms with van der Waals surface area (Å²) in [5, 5.41) is 10.3. The van der Waals surface area contributed by atoms with E-state index in [-0.39, 0.29) is 16.4 Å². The first-order valence-corrected chi connectivity index (χ1v) is 14.5. The number of carboxylic acids is 1. The molecule has 3 nitrogen and oxygen atoms in total. The smallest absolute Gasteiger partial charge is 0.377 e.